The van der Waals surface area contributed by atoms with E-state index in [-0.39, 0.29) is 12.5 Å². The van der Waals surface area contributed by atoms with Gasteiger partial charge < -0.3 is 14.2 Å². The van der Waals surface area contributed by atoms with Crippen LogP contribution in [0.15, 0.2) is 76.6 Å². The van der Waals surface area contributed by atoms with Crippen molar-refractivity contribution < 1.29 is 23.8 Å². The molecule has 38 heavy (non-hydrogen) atoms. The Morgan fingerprint density at radius 2 is 1.84 bits per heavy atom. The summed E-state index contributed by atoms with van der Waals surface area (Å²) >= 11 is 1.28. The summed E-state index contributed by atoms with van der Waals surface area (Å²) in [4.78, 5) is 31.5. The smallest absolute Gasteiger partial charge is 0.337 e. The van der Waals surface area contributed by atoms with Crippen molar-refractivity contribution in [1.29, 1.82) is 5.26 Å². The SMILES string of the molecule is CCN1C(=O)/C(=C\c2ccc(OCc3ccccc3C#N)c(OC)c2)SC1=Nc1ccc(C(=O)OC)cc1. The van der Waals surface area contributed by atoms with Crippen LogP contribution in [0.25, 0.3) is 6.08 Å². The molecule has 1 amide bonds. The first-order valence-electron chi connectivity index (χ1n) is 11.7. The molecule has 0 atom stereocenters. The van der Waals surface area contributed by atoms with Crippen molar-refractivity contribution in [1.82, 2.24) is 4.90 Å². The molecule has 4 rings (SSSR count). The van der Waals surface area contributed by atoms with Crippen molar-refractivity contribution in [3.8, 4) is 17.6 Å². The molecule has 1 aliphatic rings. The van der Waals surface area contributed by atoms with E-state index in [1.807, 2.05) is 31.2 Å². The number of likely N-dealkylation sites (N-methyl/N-ethyl adjacent to an activating group) is 1. The highest BCUT2D eigenvalue weighted by Gasteiger charge is 2.32. The number of nitriles is 1. The molecule has 0 bridgehead atoms. The normalized spacial score (nSPS) is 15.0. The Kier molecular flexibility index (Phi) is 8.46. The average molecular weight is 528 g/mol. The van der Waals surface area contributed by atoms with E-state index in [9.17, 15) is 14.9 Å². The van der Waals surface area contributed by atoms with Crippen LogP contribution >= 0.6 is 11.8 Å². The van der Waals surface area contributed by atoms with Gasteiger partial charge >= 0.3 is 5.97 Å². The second-order valence-corrected chi connectivity index (χ2v) is 9.07. The van der Waals surface area contributed by atoms with Crippen LogP contribution in [-0.4, -0.2) is 42.7 Å². The number of amides is 1. The van der Waals surface area contributed by atoms with Crippen molar-refractivity contribution >= 4 is 40.6 Å². The lowest BCUT2D eigenvalue weighted by molar-refractivity contribution is -0.122. The van der Waals surface area contributed by atoms with Crippen LogP contribution in [-0.2, 0) is 16.1 Å². The molecule has 1 fully saturated rings. The number of esters is 1. The minimum Gasteiger partial charge on any atom is -0.493 e. The molecule has 0 unspecified atom stereocenters. The summed E-state index contributed by atoms with van der Waals surface area (Å²) in [5, 5.41) is 9.85. The summed E-state index contributed by atoms with van der Waals surface area (Å²) in [7, 11) is 2.88. The van der Waals surface area contributed by atoms with E-state index >= 15 is 0 Å². The molecular weight excluding hydrogens is 502 g/mol. The number of carbonyl (C=O) groups is 2. The first kappa shape index (κ1) is 26.5. The van der Waals surface area contributed by atoms with Gasteiger partial charge in [-0.05, 0) is 72.8 Å². The molecule has 192 valence electrons. The number of hydrogen-bond acceptors (Lipinski definition) is 8. The Hall–Kier alpha value is -4.55. The largest absolute Gasteiger partial charge is 0.493 e. The molecule has 0 radical (unpaired) electrons. The van der Waals surface area contributed by atoms with Gasteiger partial charge in [-0.15, -0.1) is 0 Å². The number of methoxy groups -OCH3 is 2. The lowest BCUT2D eigenvalue weighted by atomic mass is 10.1. The maximum atomic E-state index is 13.1. The summed E-state index contributed by atoms with van der Waals surface area (Å²) in [6, 6.07) is 21.5. The molecule has 0 aliphatic carbocycles. The van der Waals surface area contributed by atoms with Crippen molar-refractivity contribution in [3.63, 3.8) is 0 Å². The third-order valence-electron chi connectivity index (χ3n) is 5.72. The fourth-order valence-electron chi connectivity index (χ4n) is 3.73. The Morgan fingerprint density at radius 1 is 1.08 bits per heavy atom. The van der Waals surface area contributed by atoms with Gasteiger partial charge in [0.2, 0.25) is 0 Å². The number of carbonyl (C=O) groups excluding carboxylic acids is 2. The molecule has 0 spiro atoms. The van der Waals surface area contributed by atoms with Gasteiger partial charge in [0.15, 0.2) is 16.7 Å². The zero-order valence-electron chi connectivity index (χ0n) is 21.1. The van der Waals surface area contributed by atoms with Gasteiger partial charge in [0, 0.05) is 12.1 Å². The van der Waals surface area contributed by atoms with Gasteiger partial charge in [-0.3, -0.25) is 9.69 Å². The van der Waals surface area contributed by atoms with Crippen LogP contribution in [0.4, 0.5) is 5.69 Å². The average Bonchev–Trinajstić information content (AvgIpc) is 3.25. The Morgan fingerprint density at radius 3 is 2.53 bits per heavy atom. The van der Waals surface area contributed by atoms with Gasteiger partial charge in [-0.2, -0.15) is 5.26 Å². The summed E-state index contributed by atoms with van der Waals surface area (Å²) in [6.45, 7) is 2.57. The molecule has 0 saturated carbocycles. The predicted molar refractivity (Wildman–Crippen MR) is 146 cm³/mol. The lowest BCUT2D eigenvalue weighted by Gasteiger charge is -2.12. The Balaban J connectivity index is 1.53. The van der Waals surface area contributed by atoms with Gasteiger partial charge in [-0.1, -0.05) is 24.3 Å². The zero-order valence-corrected chi connectivity index (χ0v) is 22.0. The quantitative estimate of drug-likeness (QED) is 0.279. The zero-order chi connectivity index (χ0) is 27.1. The standard InChI is InChI=1S/C29H25N3O5S/c1-4-32-27(33)26(38-29(32)31-23-12-10-20(11-13-23)28(34)36-3)16-19-9-14-24(25(15-19)35-2)37-18-22-8-6-5-7-21(22)17-30/h5-16H,4,18H2,1-3H3/b26-16+,31-29?. The van der Waals surface area contributed by atoms with Crippen molar-refractivity contribution in [3.05, 3.63) is 93.9 Å². The molecule has 9 heteroatoms. The number of ether oxygens (including phenoxy) is 3. The summed E-state index contributed by atoms with van der Waals surface area (Å²) < 4.78 is 16.2. The van der Waals surface area contributed by atoms with E-state index in [2.05, 4.69) is 11.1 Å². The highest BCUT2D eigenvalue weighted by molar-refractivity contribution is 8.18. The van der Waals surface area contributed by atoms with E-state index in [0.29, 0.717) is 44.9 Å². The maximum absolute atomic E-state index is 13.1. The molecule has 0 N–H and O–H groups in total. The molecule has 1 saturated heterocycles. The fourth-order valence-corrected chi connectivity index (χ4v) is 4.79. The highest BCUT2D eigenvalue weighted by Crippen LogP contribution is 2.36. The van der Waals surface area contributed by atoms with E-state index in [1.165, 1.54) is 18.9 Å². The molecule has 3 aromatic carbocycles. The summed E-state index contributed by atoms with van der Waals surface area (Å²) in [5.74, 6) is 0.473. The Bertz CT molecular complexity index is 1460. The number of hydrogen-bond donors (Lipinski definition) is 0. The highest BCUT2D eigenvalue weighted by atomic mass is 32.2. The first-order valence-corrected chi connectivity index (χ1v) is 12.6. The van der Waals surface area contributed by atoms with Gasteiger partial charge in [0.25, 0.3) is 5.91 Å². The minimum atomic E-state index is -0.422. The van der Waals surface area contributed by atoms with Gasteiger partial charge in [-0.25, -0.2) is 9.79 Å². The topological polar surface area (TPSA) is 101 Å². The van der Waals surface area contributed by atoms with Gasteiger partial charge in [0.1, 0.15) is 6.61 Å². The second-order valence-electron chi connectivity index (χ2n) is 8.06. The van der Waals surface area contributed by atoms with E-state index in [4.69, 9.17) is 14.2 Å². The number of rotatable bonds is 8. The second kappa shape index (κ2) is 12.1. The number of aliphatic imine (C=N–C) groups is 1. The van der Waals surface area contributed by atoms with Crippen molar-refractivity contribution in [2.45, 2.75) is 13.5 Å². The van der Waals surface area contributed by atoms with Crippen LogP contribution < -0.4 is 9.47 Å². The lowest BCUT2D eigenvalue weighted by Crippen LogP contribution is -2.28. The maximum Gasteiger partial charge on any atom is 0.337 e. The third kappa shape index (κ3) is 5.88. The summed E-state index contributed by atoms with van der Waals surface area (Å²) in [5.41, 5.74) is 3.15. The molecule has 8 nitrogen and oxygen atoms in total. The van der Waals surface area contributed by atoms with E-state index in [1.54, 1.807) is 60.6 Å². The predicted octanol–water partition coefficient (Wildman–Crippen LogP) is 5.56. The van der Waals surface area contributed by atoms with Crippen LogP contribution in [0.2, 0.25) is 0 Å². The molecule has 1 aliphatic heterocycles. The monoisotopic (exact) mass is 527 g/mol. The number of benzene rings is 3. The first-order chi connectivity index (χ1) is 18.5. The van der Waals surface area contributed by atoms with Crippen LogP contribution in [0, 0.1) is 11.3 Å². The fraction of sp³-hybridized carbons (Fsp3) is 0.172. The minimum absolute atomic E-state index is 0.144. The van der Waals surface area contributed by atoms with E-state index < -0.39 is 5.97 Å². The summed E-state index contributed by atoms with van der Waals surface area (Å²) in [6.07, 6.45) is 1.79. The van der Waals surface area contributed by atoms with Crippen LogP contribution in [0.1, 0.15) is 34.0 Å². The Labute approximate surface area is 225 Å². The number of nitrogens with zero attached hydrogens (tertiary/aromatic N) is 3. The molecule has 0 aromatic heterocycles. The van der Waals surface area contributed by atoms with Crippen LogP contribution in [0.5, 0.6) is 11.5 Å². The van der Waals surface area contributed by atoms with Crippen LogP contribution in [0.3, 0.4) is 0 Å². The number of thioether (sulfide) groups is 1. The molecule has 1 heterocycles. The van der Waals surface area contributed by atoms with Crippen molar-refractivity contribution in [2.24, 2.45) is 4.99 Å². The van der Waals surface area contributed by atoms with E-state index in [0.717, 1.165) is 11.1 Å². The third-order valence-corrected chi connectivity index (χ3v) is 6.73. The van der Waals surface area contributed by atoms with Gasteiger partial charge in [0.05, 0.1) is 42.0 Å². The molecule has 3 aromatic rings. The number of amidine groups is 1. The molecular formula is C29H25N3O5S. The van der Waals surface area contributed by atoms with Crippen molar-refractivity contribution in [2.75, 3.05) is 20.8 Å².